The highest BCUT2D eigenvalue weighted by atomic mass is 32.2. The van der Waals surface area contributed by atoms with Gasteiger partial charge in [0, 0.05) is 23.6 Å². The van der Waals surface area contributed by atoms with Crippen molar-refractivity contribution >= 4 is 17.7 Å². The molecule has 0 heterocycles. The summed E-state index contributed by atoms with van der Waals surface area (Å²) in [7, 11) is 0. The van der Waals surface area contributed by atoms with Gasteiger partial charge in [0.05, 0.1) is 6.10 Å². The Morgan fingerprint density at radius 2 is 2.29 bits per heavy atom. The van der Waals surface area contributed by atoms with Gasteiger partial charge < -0.3 is 10.4 Å². The third kappa shape index (κ3) is 2.42. The minimum absolute atomic E-state index is 0.101. The molecule has 0 aromatic heterocycles. The molecule has 1 aliphatic carbocycles. The first-order valence-corrected chi connectivity index (χ1v) is 6.34. The zero-order valence-electron chi connectivity index (χ0n) is 9.04. The van der Waals surface area contributed by atoms with Crippen LogP contribution in [0.25, 0.3) is 0 Å². The number of carbonyl (C=O) groups is 1. The molecule has 1 amide bonds. The van der Waals surface area contributed by atoms with Crippen molar-refractivity contribution in [1.82, 2.24) is 5.32 Å². The number of aliphatic hydroxyl groups excluding tert-OH is 1. The molecule has 1 rings (SSSR count). The summed E-state index contributed by atoms with van der Waals surface area (Å²) in [5.74, 6) is 0.964. The van der Waals surface area contributed by atoms with Crippen molar-refractivity contribution in [1.29, 1.82) is 0 Å². The average Bonchev–Trinajstić information content (AvgIpc) is 2.14. The van der Waals surface area contributed by atoms with Crippen LogP contribution in [0.1, 0.15) is 26.7 Å². The summed E-state index contributed by atoms with van der Waals surface area (Å²) >= 11 is 1.67. The molecule has 14 heavy (non-hydrogen) atoms. The highest BCUT2D eigenvalue weighted by molar-refractivity contribution is 7.98. The van der Waals surface area contributed by atoms with Gasteiger partial charge in [-0.25, -0.2) is 0 Å². The normalized spacial score (nSPS) is 29.4. The van der Waals surface area contributed by atoms with Crippen LogP contribution in [0.4, 0.5) is 0 Å². The van der Waals surface area contributed by atoms with Crippen LogP contribution >= 0.6 is 11.8 Å². The first kappa shape index (κ1) is 11.9. The van der Waals surface area contributed by atoms with Crippen LogP contribution in [-0.2, 0) is 4.79 Å². The first-order valence-electron chi connectivity index (χ1n) is 4.95. The number of thioether (sulfide) groups is 1. The molecule has 0 saturated heterocycles. The Kier molecular flexibility index (Phi) is 3.84. The van der Waals surface area contributed by atoms with E-state index in [2.05, 4.69) is 5.32 Å². The van der Waals surface area contributed by atoms with Crippen LogP contribution in [0.3, 0.4) is 0 Å². The monoisotopic (exact) mass is 217 g/mol. The molecule has 2 unspecified atom stereocenters. The molecule has 0 aromatic carbocycles. The molecule has 0 radical (unpaired) electrons. The topological polar surface area (TPSA) is 49.3 Å². The van der Waals surface area contributed by atoms with E-state index >= 15 is 0 Å². The Hall–Kier alpha value is -0.220. The number of aliphatic hydroxyl groups is 1. The van der Waals surface area contributed by atoms with E-state index in [1.165, 1.54) is 0 Å². The van der Waals surface area contributed by atoms with Crippen molar-refractivity contribution in [2.24, 2.45) is 5.41 Å². The fourth-order valence-corrected chi connectivity index (χ4v) is 2.00. The van der Waals surface area contributed by atoms with Gasteiger partial charge in [0.1, 0.15) is 0 Å². The Morgan fingerprint density at radius 3 is 2.71 bits per heavy atom. The highest BCUT2D eigenvalue weighted by Crippen LogP contribution is 2.40. The molecule has 0 spiro atoms. The molecule has 82 valence electrons. The summed E-state index contributed by atoms with van der Waals surface area (Å²) in [6.07, 6.45) is 2.99. The third-order valence-electron chi connectivity index (χ3n) is 3.08. The van der Waals surface area contributed by atoms with Gasteiger partial charge in [-0.1, -0.05) is 13.8 Å². The minimum atomic E-state index is -0.270. The molecule has 4 heteroatoms. The SMILES string of the molecule is CSCCC(=O)NC1CC(O)C1(C)C. The number of nitrogens with one attached hydrogen (secondary N) is 1. The molecule has 0 bridgehead atoms. The van der Waals surface area contributed by atoms with E-state index in [4.69, 9.17) is 0 Å². The second-order valence-electron chi connectivity index (χ2n) is 4.44. The molecule has 0 aliphatic heterocycles. The van der Waals surface area contributed by atoms with Crippen molar-refractivity contribution < 1.29 is 9.90 Å². The standard InChI is InChI=1S/C10H19NO2S/c1-10(2)7(6-8(10)12)11-9(13)4-5-14-3/h7-8,12H,4-6H2,1-3H3,(H,11,13). The van der Waals surface area contributed by atoms with E-state index in [1.54, 1.807) is 11.8 Å². The zero-order valence-corrected chi connectivity index (χ0v) is 9.86. The second-order valence-corrected chi connectivity index (χ2v) is 5.42. The Morgan fingerprint density at radius 1 is 1.64 bits per heavy atom. The van der Waals surface area contributed by atoms with E-state index < -0.39 is 0 Å². The quantitative estimate of drug-likeness (QED) is 0.739. The molecule has 3 nitrogen and oxygen atoms in total. The van der Waals surface area contributed by atoms with Crippen LogP contribution in [0.15, 0.2) is 0 Å². The summed E-state index contributed by atoms with van der Waals surface area (Å²) in [4.78, 5) is 11.4. The lowest BCUT2D eigenvalue weighted by atomic mass is 9.64. The summed E-state index contributed by atoms with van der Waals surface area (Å²) < 4.78 is 0. The maximum atomic E-state index is 11.4. The number of carbonyl (C=O) groups excluding carboxylic acids is 1. The van der Waals surface area contributed by atoms with Crippen LogP contribution in [-0.4, -0.2) is 35.2 Å². The van der Waals surface area contributed by atoms with Gasteiger partial charge in [-0.3, -0.25) is 4.79 Å². The van der Waals surface area contributed by atoms with E-state index in [0.717, 1.165) is 5.75 Å². The molecule has 1 aliphatic rings. The molecular formula is C10H19NO2S. The first-order chi connectivity index (χ1) is 6.48. The molecule has 2 N–H and O–H groups in total. The molecule has 1 saturated carbocycles. The summed E-state index contributed by atoms with van der Waals surface area (Å²) in [6.45, 7) is 3.97. The van der Waals surface area contributed by atoms with Gasteiger partial charge in [-0.2, -0.15) is 11.8 Å². The number of amides is 1. The third-order valence-corrected chi connectivity index (χ3v) is 3.70. The lowest BCUT2D eigenvalue weighted by Crippen LogP contribution is -2.61. The van der Waals surface area contributed by atoms with Crippen molar-refractivity contribution in [2.45, 2.75) is 38.8 Å². The summed E-state index contributed by atoms with van der Waals surface area (Å²) in [6, 6.07) is 0.145. The van der Waals surface area contributed by atoms with E-state index in [9.17, 15) is 9.90 Å². The van der Waals surface area contributed by atoms with Gasteiger partial charge in [-0.15, -0.1) is 0 Å². The highest BCUT2D eigenvalue weighted by Gasteiger charge is 2.47. The van der Waals surface area contributed by atoms with Crippen molar-refractivity contribution in [3.05, 3.63) is 0 Å². The molecule has 0 aromatic rings. The minimum Gasteiger partial charge on any atom is -0.392 e. The second kappa shape index (κ2) is 4.53. The Balaban J connectivity index is 2.29. The van der Waals surface area contributed by atoms with Crippen LogP contribution in [0.2, 0.25) is 0 Å². The summed E-state index contributed by atoms with van der Waals surface area (Å²) in [5, 5.41) is 12.4. The fraction of sp³-hybridized carbons (Fsp3) is 0.900. The molecular weight excluding hydrogens is 198 g/mol. The van der Waals surface area contributed by atoms with Crippen molar-refractivity contribution in [3.8, 4) is 0 Å². The Labute approximate surface area is 89.6 Å². The van der Waals surface area contributed by atoms with Gasteiger partial charge in [0.2, 0.25) is 5.91 Å². The summed E-state index contributed by atoms with van der Waals surface area (Å²) in [5.41, 5.74) is -0.158. The van der Waals surface area contributed by atoms with Gasteiger partial charge in [0.25, 0.3) is 0 Å². The lowest BCUT2D eigenvalue weighted by Gasteiger charge is -2.49. The maximum absolute atomic E-state index is 11.4. The maximum Gasteiger partial charge on any atom is 0.221 e. The van der Waals surface area contributed by atoms with Crippen LogP contribution in [0, 0.1) is 5.41 Å². The molecule has 2 atom stereocenters. The van der Waals surface area contributed by atoms with Gasteiger partial charge >= 0.3 is 0 Å². The van der Waals surface area contributed by atoms with E-state index in [0.29, 0.717) is 12.8 Å². The smallest absolute Gasteiger partial charge is 0.221 e. The van der Waals surface area contributed by atoms with Gasteiger partial charge in [0.15, 0.2) is 0 Å². The number of hydrogen-bond donors (Lipinski definition) is 2. The van der Waals surface area contributed by atoms with E-state index in [1.807, 2.05) is 20.1 Å². The van der Waals surface area contributed by atoms with Gasteiger partial charge in [-0.05, 0) is 12.7 Å². The predicted octanol–water partition coefficient (Wildman–Crippen LogP) is 1.02. The fourth-order valence-electron chi connectivity index (χ4n) is 1.61. The van der Waals surface area contributed by atoms with Crippen LogP contribution < -0.4 is 5.32 Å². The zero-order chi connectivity index (χ0) is 10.8. The Bertz CT molecular complexity index is 218. The lowest BCUT2D eigenvalue weighted by molar-refractivity contribution is -0.128. The van der Waals surface area contributed by atoms with Crippen molar-refractivity contribution in [3.63, 3.8) is 0 Å². The van der Waals surface area contributed by atoms with Crippen LogP contribution in [0.5, 0.6) is 0 Å². The van der Waals surface area contributed by atoms with Crippen molar-refractivity contribution in [2.75, 3.05) is 12.0 Å². The number of rotatable bonds is 4. The largest absolute Gasteiger partial charge is 0.392 e. The molecule has 1 fully saturated rings. The van der Waals surface area contributed by atoms with E-state index in [-0.39, 0.29) is 23.5 Å². The average molecular weight is 217 g/mol. The number of hydrogen-bond acceptors (Lipinski definition) is 3. The predicted molar refractivity (Wildman–Crippen MR) is 59.3 cm³/mol.